The van der Waals surface area contributed by atoms with Gasteiger partial charge in [-0.1, -0.05) is 54.6 Å². The normalized spacial score (nSPS) is 13.8. The van der Waals surface area contributed by atoms with Gasteiger partial charge < -0.3 is 4.74 Å². The summed E-state index contributed by atoms with van der Waals surface area (Å²) in [7, 11) is 0. The Morgan fingerprint density at radius 2 is 1.47 bits per heavy atom. The summed E-state index contributed by atoms with van der Waals surface area (Å²) in [4.78, 5) is 14.9. The van der Waals surface area contributed by atoms with Crippen LogP contribution in [0.25, 0.3) is 5.57 Å². The van der Waals surface area contributed by atoms with Gasteiger partial charge in [0.05, 0.1) is 0 Å². The summed E-state index contributed by atoms with van der Waals surface area (Å²) in [5.74, 6) is 1.70. The molecule has 3 nitrogen and oxygen atoms in total. The highest BCUT2D eigenvalue weighted by Gasteiger charge is 2.14. The molecule has 0 N–H and O–H groups in total. The van der Waals surface area contributed by atoms with E-state index < -0.39 is 0 Å². The van der Waals surface area contributed by atoms with E-state index >= 15 is 0 Å². The fourth-order valence-corrected chi connectivity index (χ4v) is 3.57. The minimum atomic E-state index is 0. The zero-order valence-corrected chi connectivity index (χ0v) is 17.7. The number of carbonyl (C=O) groups is 1. The molecule has 4 heteroatoms. The lowest BCUT2D eigenvalue weighted by Gasteiger charge is -2.26. The average Bonchev–Trinajstić information content (AvgIpc) is 2.80. The Bertz CT molecular complexity index is 969. The van der Waals surface area contributed by atoms with Crippen molar-refractivity contribution in [3.8, 4) is 11.5 Å². The first-order valence-corrected chi connectivity index (χ1v) is 10.1. The Hall–Kier alpha value is -2.88. The highest BCUT2D eigenvalue weighted by molar-refractivity contribution is 5.96. The lowest BCUT2D eigenvalue weighted by Crippen LogP contribution is -2.30. The number of hydrogen-bond donors (Lipinski definition) is 0. The van der Waals surface area contributed by atoms with Crippen molar-refractivity contribution < 1.29 is 9.53 Å². The van der Waals surface area contributed by atoms with Gasteiger partial charge in [0.1, 0.15) is 11.5 Å². The second-order valence-corrected chi connectivity index (χ2v) is 7.26. The Balaban J connectivity index is 0.00000256. The summed E-state index contributed by atoms with van der Waals surface area (Å²) < 4.78 is 5.79. The van der Waals surface area contributed by atoms with Crippen molar-refractivity contribution in [2.45, 2.75) is 12.8 Å². The third-order valence-corrected chi connectivity index (χ3v) is 5.25. The van der Waals surface area contributed by atoms with E-state index in [0.717, 1.165) is 43.1 Å². The maximum Gasteiger partial charge on any atom is 0.164 e. The molecule has 1 heterocycles. The van der Waals surface area contributed by atoms with Crippen LogP contribution in [0.15, 0.2) is 91.0 Å². The van der Waals surface area contributed by atoms with E-state index in [4.69, 9.17) is 4.74 Å². The molecule has 0 radical (unpaired) electrons. The second-order valence-electron chi connectivity index (χ2n) is 7.26. The van der Waals surface area contributed by atoms with Crippen molar-refractivity contribution in [3.63, 3.8) is 0 Å². The molecule has 0 saturated heterocycles. The van der Waals surface area contributed by atoms with Crippen LogP contribution < -0.4 is 4.74 Å². The Morgan fingerprint density at radius 3 is 2.10 bits per heavy atom. The molecule has 0 bridgehead atoms. The van der Waals surface area contributed by atoms with Gasteiger partial charge in [0, 0.05) is 31.6 Å². The van der Waals surface area contributed by atoms with Crippen LogP contribution in [-0.4, -0.2) is 30.3 Å². The number of Topliss-reactive ketones (excluding diaryl/α,β-unsaturated/α-hetero) is 1. The van der Waals surface area contributed by atoms with Gasteiger partial charge in [-0.3, -0.25) is 9.69 Å². The standard InChI is InChI=1S/C26H25NO2.ClH/c28-26(23-11-13-25(14-12-23)29-24-9-5-2-6-10-24)17-20-27-18-15-22(16-19-27)21-7-3-1-4-8-21;/h1-15H,16-20H2;1H. The number of rotatable bonds is 7. The first-order chi connectivity index (χ1) is 14.3. The van der Waals surface area contributed by atoms with Crippen molar-refractivity contribution >= 4 is 23.8 Å². The minimum Gasteiger partial charge on any atom is -0.457 e. The highest BCUT2D eigenvalue weighted by atomic mass is 35.5. The third-order valence-electron chi connectivity index (χ3n) is 5.25. The van der Waals surface area contributed by atoms with Crippen LogP contribution in [0.5, 0.6) is 11.5 Å². The van der Waals surface area contributed by atoms with Gasteiger partial charge in [-0.05, 0) is 54.0 Å². The first kappa shape index (κ1) is 21.8. The molecule has 3 aromatic carbocycles. The van der Waals surface area contributed by atoms with E-state index in [1.807, 2.05) is 60.7 Å². The lowest BCUT2D eigenvalue weighted by atomic mass is 9.99. The summed E-state index contributed by atoms with van der Waals surface area (Å²) in [5.41, 5.74) is 3.45. The lowest BCUT2D eigenvalue weighted by molar-refractivity contribution is 0.0966. The number of nitrogens with zero attached hydrogens (tertiary/aromatic N) is 1. The molecule has 0 unspecified atom stereocenters. The van der Waals surface area contributed by atoms with Crippen LogP contribution in [0.2, 0.25) is 0 Å². The number of carbonyl (C=O) groups excluding carboxylic acids is 1. The molecule has 1 aliphatic heterocycles. The van der Waals surface area contributed by atoms with Crippen LogP contribution in [0.1, 0.15) is 28.8 Å². The van der Waals surface area contributed by atoms with E-state index in [1.54, 1.807) is 0 Å². The number of hydrogen-bond acceptors (Lipinski definition) is 3. The summed E-state index contributed by atoms with van der Waals surface area (Å²) in [6.07, 6.45) is 3.86. The van der Waals surface area contributed by atoms with Crippen LogP contribution >= 0.6 is 12.4 Å². The topological polar surface area (TPSA) is 29.5 Å². The van der Waals surface area contributed by atoms with Crippen molar-refractivity contribution in [3.05, 3.63) is 102 Å². The molecule has 0 amide bonds. The largest absolute Gasteiger partial charge is 0.457 e. The Morgan fingerprint density at radius 1 is 0.833 bits per heavy atom. The first-order valence-electron chi connectivity index (χ1n) is 10.1. The van der Waals surface area contributed by atoms with Gasteiger partial charge in [0.2, 0.25) is 0 Å². The second kappa shape index (κ2) is 10.8. The molecule has 3 aromatic rings. The summed E-state index contributed by atoms with van der Waals surface area (Å²) in [6, 6.07) is 27.6. The van der Waals surface area contributed by atoms with Crippen molar-refractivity contribution in [1.29, 1.82) is 0 Å². The van der Waals surface area contributed by atoms with Gasteiger partial charge >= 0.3 is 0 Å². The molecular weight excluding hydrogens is 394 g/mol. The summed E-state index contributed by atoms with van der Waals surface area (Å²) in [6.45, 7) is 2.69. The number of ketones is 1. The van der Waals surface area contributed by atoms with Gasteiger partial charge in [-0.2, -0.15) is 0 Å². The molecule has 1 aliphatic rings. The minimum absolute atomic E-state index is 0. The molecular formula is C26H26ClNO2. The van der Waals surface area contributed by atoms with Crippen LogP contribution in [0.4, 0.5) is 0 Å². The SMILES string of the molecule is Cl.O=C(CCN1CC=C(c2ccccc2)CC1)c1ccc(Oc2ccccc2)cc1. The third kappa shape index (κ3) is 5.82. The highest BCUT2D eigenvalue weighted by Crippen LogP contribution is 2.23. The number of para-hydroxylation sites is 1. The molecule has 0 spiro atoms. The van der Waals surface area contributed by atoms with E-state index in [9.17, 15) is 4.79 Å². The van der Waals surface area contributed by atoms with Crippen LogP contribution in [0, 0.1) is 0 Å². The van der Waals surface area contributed by atoms with Crippen molar-refractivity contribution in [2.75, 3.05) is 19.6 Å². The Kier molecular flexibility index (Phi) is 7.83. The van der Waals surface area contributed by atoms with E-state index in [-0.39, 0.29) is 18.2 Å². The van der Waals surface area contributed by atoms with Gasteiger partial charge in [0.25, 0.3) is 0 Å². The maximum absolute atomic E-state index is 12.6. The fraction of sp³-hybridized carbons (Fsp3) is 0.192. The number of ether oxygens (including phenoxy) is 1. The molecule has 30 heavy (non-hydrogen) atoms. The molecule has 0 aromatic heterocycles. The molecule has 0 fully saturated rings. The predicted molar refractivity (Wildman–Crippen MR) is 125 cm³/mol. The maximum atomic E-state index is 12.6. The van der Waals surface area contributed by atoms with E-state index in [0.29, 0.717) is 6.42 Å². The summed E-state index contributed by atoms with van der Waals surface area (Å²) >= 11 is 0. The zero-order valence-electron chi connectivity index (χ0n) is 16.9. The summed E-state index contributed by atoms with van der Waals surface area (Å²) in [5, 5.41) is 0. The monoisotopic (exact) mass is 419 g/mol. The quantitative estimate of drug-likeness (QED) is 0.423. The zero-order chi connectivity index (χ0) is 19.9. The van der Waals surface area contributed by atoms with Gasteiger partial charge in [-0.15, -0.1) is 12.4 Å². The molecule has 0 saturated carbocycles. The van der Waals surface area contributed by atoms with E-state index in [1.165, 1.54) is 11.1 Å². The fourth-order valence-electron chi connectivity index (χ4n) is 3.57. The van der Waals surface area contributed by atoms with E-state index in [2.05, 4.69) is 35.2 Å². The molecule has 4 rings (SSSR count). The van der Waals surface area contributed by atoms with Crippen molar-refractivity contribution in [2.24, 2.45) is 0 Å². The molecule has 0 atom stereocenters. The average molecular weight is 420 g/mol. The number of halogens is 1. The van der Waals surface area contributed by atoms with Gasteiger partial charge in [0.15, 0.2) is 5.78 Å². The smallest absolute Gasteiger partial charge is 0.164 e. The molecule has 154 valence electrons. The number of benzene rings is 3. The predicted octanol–water partition coefficient (Wildman–Crippen LogP) is 6.26. The van der Waals surface area contributed by atoms with Crippen LogP contribution in [-0.2, 0) is 0 Å². The van der Waals surface area contributed by atoms with Crippen molar-refractivity contribution in [1.82, 2.24) is 4.90 Å². The van der Waals surface area contributed by atoms with Gasteiger partial charge in [-0.25, -0.2) is 0 Å². The molecule has 0 aliphatic carbocycles. The van der Waals surface area contributed by atoms with Crippen LogP contribution in [0.3, 0.4) is 0 Å². The Labute approximate surface area is 184 Å².